The van der Waals surface area contributed by atoms with Gasteiger partial charge in [-0.15, -0.1) is 12.8 Å². The SMILES string of the molecule is C#CCOCCOCCOCCOCCN1CCN(CCOCCOCCOCCOCC#C)CC1. The lowest BCUT2D eigenvalue weighted by Crippen LogP contribution is -2.48. The smallest absolute Gasteiger partial charge is 0.107 e. The number of ether oxygens (including phenoxy) is 8. The molecule has 0 bridgehead atoms. The van der Waals surface area contributed by atoms with Crippen LogP contribution in [0.3, 0.4) is 0 Å². The third-order valence-electron chi connectivity index (χ3n) is 5.17. The zero-order valence-corrected chi connectivity index (χ0v) is 21.9. The van der Waals surface area contributed by atoms with Crippen molar-refractivity contribution in [3.63, 3.8) is 0 Å². The number of hydrogen-bond donors (Lipinski definition) is 0. The van der Waals surface area contributed by atoms with Gasteiger partial charge >= 0.3 is 0 Å². The van der Waals surface area contributed by atoms with Crippen molar-refractivity contribution in [3.8, 4) is 24.7 Å². The average molecular weight is 515 g/mol. The highest BCUT2D eigenvalue weighted by Crippen LogP contribution is 2.01. The molecule has 0 aromatic heterocycles. The van der Waals surface area contributed by atoms with E-state index in [0.29, 0.717) is 92.5 Å². The lowest BCUT2D eigenvalue weighted by Gasteiger charge is -2.34. The Hall–Kier alpha value is -1.28. The van der Waals surface area contributed by atoms with Crippen LogP contribution in [0.5, 0.6) is 0 Å². The van der Waals surface area contributed by atoms with E-state index in [0.717, 1.165) is 52.5 Å². The molecule has 1 aliphatic rings. The molecule has 0 amide bonds. The molecule has 0 N–H and O–H groups in total. The standard InChI is InChI=1S/C26H46N2O8/c1-3-11-29-15-19-33-23-25-35-21-17-31-13-9-27-5-7-28(8-6-27)10-14-32-18-22-36-26-24-34-20-16-30-12-4-2/h1-2H,5-26H2. The lowest BCUT2D eigenvalue weighted by atomic mass is 10.3. The number of rotatable bonds is 26. The summed E-state index contributed by atoms with van der Waals surface area (Å²) in [6.07, 6.45) is 10.2. The maximum Gasteiger partial charge on any atom is 0.107 e. The summed E-state index contributed by atoms with van der Waals surface area (Å²) in [4.78, 5) is 4.87. The minimum atomic E-state index is 0.323. The van der Waals surface area contributed by atoms with Crippen LogP contribution in [-0.2, 0) is 37.9 Å². The summed E-state index contributed by atoms with van der Waals surface area (Å²) in [7, 11) is 0. The molecule has 1 aliphatic heterocycles. The molecule has 0 aromatic carbocycles. The molecule has 0 atom stereocenters. The van der Waals surface area contributed by atoms with Crippen molar-refractivity contribution in [2.45, 2.75) is 0 Å². The molecule has 1 fully saturated rings. The Morgan fingerprint density at radius 3 is 0.917 bits per heavy atom. The molecular formula is C26H46N2O8. The van der Waals surface area contributed by atoms with Gasteiger partial charge < -0.3 is 37.9 Å². The van der Waals surface area contributed by atoms with Gasteiger partial charge in [0, 0.05) is 39.3 Å². The quantitative estimate of drug-likeness (QED) is 0.116. The summed E-state index contributed by atoms with van der Waals surface area (Å²) < 4.78 is 43.3. The van der Waals surface area contributed by atoms with Crippen LogP contribution >= 0.6 is 0 Å². The molecule has 36 heavy (non-hydrogen) atoms. The number of terminal acetylenes is 2. The Bertz CT molecular complexity index is 499. The second-order valence-corrected chi connectivity index (χ2v) is 7.87. The Labute approximate surface area is 217 Å². The Morgan fingerprint density at radius 1 is 0.389 bits per heavy atom. The molecule has 10 nitrogen and oxygen atoms in total. The summed E-state index contributed by atoms with van der Waals surface area (Å²) in [5, 5.41) is 0. The van der Waals surface area contributed by atoms with Crippen molar-refractivity contribution in [1.82, 2.24) is 9.80 Å². The first-order chi connectivity index (χ1) is 17.9. The van der Waals surface area contributed by atoms with E-state index < -0.39 is 0 Å². The highest BCUT2D eigenvalue weighted by Gasteiger charge is 2.16. The average Bonchev–Trinajstić information content (AvgIpc) is 2.90. The molecule has 10 heteroatoms. The van der Waals surface area contributed by atoms with Crippen molar-refractivity contribution in [3.05, 3.63) is 0 Å². The van der Waals surface area contributed by atoms with E-state index in [1.807, 2.05) is 0 Å². The maximum absolute atomic E-state index is 5.68. The fourth-order valence-corrected chi connectivity index (χ4v) is 3.21. The minimum absolute atomic E-state index is 0.323. The van der Waals surface area contributed by atoms with E-state index in [4.69, 9.17) is 50.7 Å². The Morgan fingerprint density at radius 2 is 0.639 bits per heavy atom. The molecule has 1 rings (SSSR count). The van der Waals surface area contributed by atoms with Gasteiger partial charge in [0.25, 0.3) is 0 Å². The van der Waals surface area contributed by atoms with E-state index in [1.165, 1.54) is 0 Å². The van der Waals surface area contributed by atoms with Gasteiger partial charge in [0.2, 0.25) is 0 Å². The first-order valence-electron chi connectivity index (χ1n) is 12.8. The van der Waals surface area contributed by atoms with Gasteiger partial charge in [-0.05, 0) is 0 Å². The molecule has 1 saturated heterocycles. The molecular weight excluding hydrogens is 468 g/mol. The van der Waals surface area contributed by atoms with Gasteiger partial charge in [0.05, 0.1) is 92.5 Å². The predicted octanol–water partition coefficient (Wildman–Crippen LogP) is 0.00320. The van der Waals surface area contributed by atoms with Crippen LogP contribution < -0.4 is 0 Å². The maximum atomic E-state index is 5.68. The number of piperazine rings is 1. The number of hydrogen-bond acceptors (Lipinski definition) is 10. The molecule has 208 valence electrons. The summed E-state index contributed by atoms with van der Waals surface area (Å²) in [5.41, 5.74) is 0. The predicted molar refractivity (Wildman–Crippen MR) is 137 cm³/mol. The van der Waals surface area contributed by atoms with Crippen molar-refractivity contribution in [2.75, 3.05) is 145 Å². The van der Waals surface area contributed by atoms with Crippen LogP contribution in [0.1, 0.15) is 0 Å². The number of nitrogens with zero attached hydrogens (tertiary/aromatic N) is 2. The van der Waals surface area contributed by atoms with Crippen LogP contribution in [0.4, 0.5) is 0 Å². The van der Waals surface area contributed by atoms with Gasteiger partial charge in [-0.1, -0.05) is 11.8 Å². The van der Waals surface area contributed by atoms with Gasteiger partial charge in [-0.3, -0.25) is 9.80 Å². The van der Waals surface area contributed by atoms with Crippen LogP contribution in [0.25, 0.3) is 0 Å². The molecule has 0 saturated carbocycles. The molecule has 1 heterocycles. The normalized spacial score (nSPS) is 14.6. The van der Waals surface area contributed by atoms with E-state index in [-0.39, 0.29) is 0 Å². The summed E-state index contributed by atoms with van der Waals surface area (Å²) >= 11 is 0. The van der Waals surface area contributed by atoms with Crippen molar-refractivity contribution in [1.29, 1.82) is 0 Å². The molecule has 0 spiro atoms. The zero-order valence-electron chi connectivity index (χ0n) is 21.9. The third kappa shape index (κ3) is 22.0. The van der Waals surface area contributed by atoms with E-state index in [9.17, 15) is 0 Å². The molecule has 0 aromatic rings. The van der Waals surface area contributed by atoms with Gasteiger partial charge in [0.1, 0.15) is 13.2 Å². The second-order valence-electron chi connectivity index (χ2n) is 7.87. The second kappa shape index (κ2) is 26.8. The van der Waals surface area contributed by atoms with Crippen LogP contribution in [0.2, 0.25) is 0 Å². The fraction of sp³-hybridized carbons (Fsp3) is 0.846. The van der Waals surface area contributed by atoms with Gasteiger partial charge in [-0.2, -0.15) is 0 Å². The first kappa shape index (κ1) is 32.7. The van der Waals surface area contributed by atoms with Gasteiger partial charge in [0.15, 0.2) is 0 Å². The van der Waals surface area contributed by atoms with E-state index in [2.05, 4.69) is 21.6 Å². The van der Waals surface area contributed by atoms with Crippen LogP contribution in [-0.4, -0.2) is 155 Å². The summed E-state index contributed by atoms with van der Waals surface area (Å²) in [6, 6.07) is 0. The largest absolute Gasteiger partial charge is 0.378 e. The Balaban J connectivity index is 1.76. The molecule has 0 unspecified atom stereocenters. The van der Waals surface area contributed by atoms with Crippen molar-refractivity contribution in [2.24, 2.45) is 0 Å². The molecule has 0 radical (unpaired) electrons. The highest BCUT2D eigenvalue weighted by molar-refractivity contribution is 4.83. The fourth-order valence-electron chi connectivity index (χ4n) is 3.21. The van der Waals surface area contributed by atoms with Crippen molar-refractivity contribution < 1.29 is 37.9 Å². The van der Waals surface area contributed by atoms with Gasteiger partial charge in [-0.25, -0.2) is 0 Å². The van der Waals surface area contributed by atoms with Crippen LogP contribution in [0.15, 0.2) is 0 Å². The summed E-state index contributed by atoms with van der Waals surface area (Å²) in [6.45, 7) is 14.8. The first-order valence-corrected chi connectivity index (χ1v) is 12.8. The third-order valence-corrected chi connectivity index (χ3v) is 5.17. The zero-order chi connectivity index (χ0) is 25.8. The van der Waals surface area contributed by atoms with E-state index in [1.54, 1.807) is 0 Å². The lowest BCUT2D eigenvalue weighted by molar-refractivity contribution is -0.00620. The minimum Gasteiger partial charge on any atom is -0.378 e. The summed E-state index contributed by atoms with van der Waals surface area (Å²) in [5.74, 6) is 4.82. The van der Waals surface area contributed by atoms with Crippen LogP contribution in [0, 0.1) is 24.7 Å². The monoisotopic (exact) mass is 514 g/mol. The topological polar surface area (TPSA) is 80.3 Å². The molecule has 0 aliphatic carbocycles. The van der Waals surface area contributed by atoms with E-state index >= 15 is 0 Å². The highest BCUT2D eigenvalue weighted by atomic mass is 16.6. The Kier molecular flexibility index (Phi) is 24.4. The van der Waals surface area contributed by atoms with Crippen molar-refractivity contribution >= 4 is 0 Å².